The Hall–Kier alpha value is -0.180. The van der Waals surface area contributed by atoms with Gasteiger partial charge >= 0.3 is 0 Å². The first-order chi connectivity index (χ1) is 8.72. The molecule has 3 atom stereocenters. The summed E-state index contributed by atoms with van der Waals surface area (Å²) in [6.45, 7) is 3.11. The molecule has 0 bridgehead atoms. The molecule has 1 saturated carbocycles. The van der Waals surface area contributed by atoms with E-state index in [4.69, 9.17) is 17.3 Å². The second-order valence-corrected chi connectivity index (χ2v) is 6.95. The van der Waals surface area contributed by atoms with E-state index in [0.29, 0.717) is 11.2 Å². The van der Waals surface area contributed by atoms with Crippen molar-refractivity contribution >= 4 is 23.4 Å². The molecule has 0 spiro atoms. The van der Waals surface area contributed by atoms with Crippen LogP contribution >= 0.6 is 23.4 Å². The minimum Gasteiger partial charge on any atom is -0.330 e. The van der Waals surface area contributed by atoms with E-state index in [9.17, 15) is 0 Å². The van der Waals surface area contributed by atoms with Crippen LogP contribution < -0.4 is 5.73 Å². The molecule has 100 valence electrons. The first-order valence-electron chi connectivity index (χ1n) is 6.85. The van der Waals surface area contributed by atoms with E-state index in [2.05, 4.69) is 19.1 Å². The van der Waals surface area contributed by atoms with Crippen molar-refractivity contribution in [2.24, 2.45) is 17.6 Å². The van der Waals surface area contributed by atoms with Gasteiger partial charge in [0.1, 0.15) is 0 Å². The summed E-state index contributed by atoms with van der Waals surface area (Å²) >= 11 is 8.02. The molecule has 1 aliphatic carbocycles. The van der Waals surface area contributed by atoms with Crippen molar-refractivity contribution in [2.75, 3.05) is 6.54 Å². The number of rotatable bonds is 4. The summed E-state index contributed by atoms with van der Waals surface area (Å²) in [5.41, 5.74) is 5.92. The van der Waals surface area contributed by atoms with Crippen LogP contribution in [0, 0.1) is 11.8 Å². The van der Waals surface area contributed by atoms with Gasteiger partial charge in [-0.05, 0) is 49.4 Å². The molecule has 1 fully saturated rings. The average molecular weight is 284 g/mol. The zero-order valence-corrected chi connectivity index (χ0v) is 12.5. The monoisotopic (exact) mass is 283 g/mol. The van der Waals surface area contributed by atoms with Gasteiger partial charge in [0.2, 0.25) is 0 Å². The Balaban J connectivity index is 2.04. The Kier molecular flexibility index (Phi) is 5.40. The summed E-state index contributed by atoms with van der Waals surface area (Å²) in [7, 11) is 0. The highest BCUT2D eigenvalue weighted by Crippen LogP contribution is 2.40. The largest absolute Gasteiger partial charge is 0.330 e. The van der Waals surface area contributed by atoms with Crippen LogP contribution in [0.5, 0.6) is 0 Å². The number of hydrogen-bond donors (Lipinski definition) is 1. The molecule has 2 rings (SSSR count). The molecule has 0 saturated heterocycles. The zero-order chi connectivity index (χ0) is 13.0. The van der Waals surface area contributed by atoms with E-state index < -0.39 is 0 Å². The van der Waals surface area contributed by atoms with E-state index in [1.807, 2.05) is 23.9 Å². The van der Waals surface area contributed by atoms with Crippen LogP contribution in [0.15, 0.2) is 29.2 Å². The smallest absolute Gasteiger partial charge is 0.0417 e. The predicted octanol–water partition coefficient (Wildman–Crippen LogP) is 4.59. The van der Waals surface area contributed by atoms with Gasteiger partial charge in [-0.1, -0.05) is 37.4 Å². The first kappa shape index (κ1) is 14.2. The molecule has 1 aromatic carbocycles. The van der Waals surface area contributed by atoms with Crippen LogP contribution in [0.1, 0.15) is 32.6 Å². The number of halogens is 1. The maximum absolute atomic E-state index is 6.05. The normalized spacial score (nSPS) is 28.3. The van der Waals surface area contributed by atoms with Crippen LogP contribution in [0.4, 0.5) is 0 Å². The van der Waals surface area contributed by atoms with Crippen molar-refractivity contribution in [3.05, 3.63) is 29.3 Å². The highest BCUT2D eigenvalue weighted by molar-refractivity contribution is 8.00. The van der Waals surface area contributed by atoms with Crippen molar-refractivity contribution in [1.82, 2.24) is 0 Å². The van der Waals surface area contributed by atoms with Crippen LogP contribution in [-0.4, -0.2) is 11.8 Å². The summed E-state index contributed by atoms with van der Waals surface area (Å²) in [4.78, 5) is 1.28. The molecule has 1 aromatic rings. The SMILES string of the molecule is CCC1CCC(CN)C(Sc2cccc(Cl)c2)C1. The lowest BCUT2D eigenvalue weighted by molar-refractivity contribution is 0.284. The van der Waals surface area contributed by atoms with Gasteiger partial charge in [-0.3, -0.25) is 0 Å². The number of nitrogens with two attached hydrogens (primary N) is 1. The van der Waals surface area contributed by atoms with E-state index in [0.717, 1.165) is 17.5 Å². The van der Waals surface area contributed by atoms with E-state index in [1.165, 1.54) is 30.6 Å². The molecule has 1 nitrogen and oxygen atoms in total. The molecule has 18 heavy (non-hydrogen) atoms. The third-order valence-electron chi connectivity index (χ3n) is 4.00. The van der Waals surface area contributed by atoms with Crippen molar-refractivity contribution in [3.8, 4) is 0 Å². The summed E-state index contributed by atoms with van der Waals surface area (Å²) < 4.78 is 0. The number of hydrogen-bond acceptors (Lipinski definition) is 2. The molecule has 3 unspecified atom stereocenters. The lowest BCUT2D eigenvalue weighted by Crippen LogP contribution is -2.32. The maximum Gasteiger partial charge on any atom is 0.0417 e. The Morgan fingerprint density at radius 2 is 2.22 bits per heavy atom. The minimum atomic E-state index is 0.659. The van der Waals surface area contributed by atoms with Gasteiger partial charge in [0.05, 0.1) is 0 Å². The van der Waals surface area contributed by atoms with Crippen LogP contribution in [0.2, 0.25) is 5.02 Å². The quantitative estimate of drug-likeness (QED) is 0.875. The molecule has 0 aromatic heterocycles. The van der Waals surface area contributed by atoms with Gasteiger partial charge in [-0.15, -0.1) is 11.8 Å². The number of benzene rings is 1. The standard InChI is InChI=1S/C15H22ClNS/c1-2-11-6-7-12(10-17)15(8-11)18-14-5-3-4-13(16)9-14/h3-5,9,11-12,15H,2,6-8,10,17H2,1H3. The third-order valence-corrected chi connectivity index (χ3v) is 5.64. The highest BCUT2D eigenvalue weighted by Gasteiger charge is 2.29. The minimum absolute atomic E-state index is 0.659. The topological polar surface area (TPSA) is 26.0 Å². The first-order valence-corrected chi connectivity index (χ1v) is 8.11. The fraction of sp³-hybridized carbons (Fsp3) is 0.600. The van der Waals surface area contributed by atoms with Gasteiger partial charge in [-0.25, -0.2) is 0 Å². The van der Waals surface area contributed by atoms with Gasteiger partial charge in [0.25, 0.3) is 0 Å². The lowest BCUT2D eigenvalue weighted by Gasteiger charge is -2.35. The molecule has 0 heterocycles. The Morgan fingerprint density at radius 3 is 2.89 bits per heavy atom. The van der Waals surface area contributed by atoms with Crippen molar-refractivity contribution < 1.29 is 0 Å². The lowest BCUT2D eigenvalue weighted by atomic mass is 9.80. The highest BCUT2D eigenvalue weighted by atomic mass is 35.5. The second-order valence-electron chi connectivity index (χ2n) is 5.20. The Labute approximate surface area is 119 Å². The molecule has 0 aliphatic heterocycles. The molecule has 3 heteroatoms. The molecule has 0 radical (unpaired) electrons. The average Bonchev–Trinajstić information content (AvgIpc) is 2.38. The molecule has 1 aliphatic rings. The summed E-state index contributed by atoms with van der Waals surface area (Å²) in [6.07, 6.45) is 5.23. The van der Waals surface area contributed by atoms with Gasteiger partial charge in [-0.2, -0.15) is 0 Å². The van der Waals surface area contributed by atoms with Gasteiger partial charge < -0.3 is 5.73 Å². The zero-order valence-electron chi connectivity index (χ0n) is 10.9. The Morgan fingerprint density at radius 1 is 1.39 bits per heavy atom. The van der Waals surface area contributed by atoms with Gasteiger partial charge in [0, 0.05) is 15.2 Å². The molecular weight excluding hydrogens is 262 g/mol. The number of thioether (sulfide) groups is 1. The summed E-state index contributed by atoms with van der Waals surface area (Å²) in [6, 6.07) is 8.18. The van der Waals surface area contributed by atoms with Crippen LogP contribution in [0.25, 0.3) is 0 Å². The van der Waals surface area contributed by atoms with Crippen molar-refractivity contribution in [3.63, 3.8) is 0 Å². The summed E-state index contributed by atoms with van der Waals surface area (Å²) in [5, 5.41) is 1.49. The molecule has 0 amide bonds. The fourth-order valence-electron chi connectivity index (χ4n) is 2.77. The molecule has 2 N–H and O–H groups in total. The summed E-state index contributed by atoms with van der Waals surface area (Å²) in [5.74, 6) is 1.54. The second kappa shape index (κ2) is 6.83. The van der Waals surface area contributed by atoms with E-state index in [1.54, 1.807) is 0 Å². The van der Waals surface area contributed by atoms with Crippen LogP contribution in [0.3, 0.4) is 0 Å². The predicted molar refractivity (Wildman–Crippen MR) is 81.3 cm³/mol. The van der Waals surface area contributed by atoms with E-state index >= 15 is 0 Å². The molecular formula is C15H22ClNS. The van der Waals surface area contributed by atoms with Crippen molar-refractivity contribution in [2.45, 2.75) is 42.8 Å². The Bertz CT molecular complexity index is 383. The van der Waals surface area contributed by atoms with Crippen molar-refractivity contribution in [1.29, 1.82) is 0 Å². The fourth-order valence-corrected chi connectivity index (χ4v) is 4.54. The maximum atomic E-state index is 6.05. The van der Waals surface area contributed by atoms with E-state index in [-0.39, 0.29) is 0 Å². The van der Waals surface area contributed by atoms with Gasteiger partial charge in [0.15, 0.2) is 0 Å². The third kappa shape index (κ3) is 3.66. The van der Waals surface area contributed by atoms with Crippen LogP contribution in [-0.2, 0) is 0 Å².